The quantitative estimate of drug-likeness (QED) is 0.755. The summed E-state index contributed by atoms with van der Waals surface area (Å²) >= 11 is 0. The van der Waals surface area contributed by atoms with Crippen molar-refractivity contribution in [3.63, 3.8) is 0 Å². The molecule has 0 radical (unpaired) electrons. The van der Waals surface area contributed by atoms with Gasteiger partial charge in [0.15, 0.2) is 0 Å². The van der Waals surface area contributed by atoms with Gasteiger partial charge in [-0.25, -0.2) is 0 Å². The highest BCUT2D eigenvalue weighted by molar-refractivity contribution is 6.16. The summed E-state index contributed by atoms with van der Waals surface area (Å²) in [6.07, 6.45) is 0.993. The van der Waals surface area contributed by atoms with E-state index < -0.39 is 6.17 Å². The average molecular weight is 432 g/mol. The number of rotatable bonds is 6. The van der Waals surface area contributed by atoms with Gasteiger partial charge in [0, 0.05) is 50.1 Å². The van der Waals surface area contributed by atoms with Gasteiger partial charge in [0.1, 0.15) is 6.17 Å². The number of likely N-dealkylation sites (tertiary alicyclic amines) is 1. The maximum absolute atomic E-state index is 13.3. The minimum Gasteiger partial charge on any atom is -0.354 e. The first kappa shape index (κ1) is 20.2. The van der Waals surface area contributed by atoms with Crippen LogP contribution in [0.4, 0.5) is 5.69 Å². The van der Waals surface area contributed by atoms with Crippen molar-refractivity contribution in [1.29, 1.82) is 0 Å². The highest BCUT2D eigenvalue weighted by atomic mass is 16.2. The van der Waals surface area contributed by atoms with Gasteiger partial charge in [-0.05, 0) is 24.6 Å². The summed E-state index contributed by atoms with van der Waals surface area (Å²) in [5.74, 6) is -0.397. The molecule has 32 heavy (non-hydrogen) atoms. The molecule has 1 unspecified atom stereocenters. The molecular formula is C24H24N4O4. The number of hydrogen-bond donors (Lipinski definition) is 1. The molecule has 3 heterocycles. The Labute approximate surface area is 185 Å². The molecule has 1 N–H and O–H groups in total. The average Bonchev–Trinajstić information content (AvgIpc) is 3.35. The Bertz CT molecular complexity index is 1110. The zero-order chi connectivity index (χ0) is 22.2. The summed E-state index contributed by atoms with van der Waals surface area (Å²) in [7, 11) is 0. The van der Waals surface area contributed by atoms with Crippen LogP contribution in [-0.4, -0.2) is 59.6 Å². The van der Waals surface area contributed by atoms with Crippen LogP contribution < -0.4 is 10.2 Å². The van der Waals surface area contributed by atoms with E-state index >= 15 is 0 Å². The van der Waals surface area contributed by atoms with E-state index in [1.165, 1.54) is 0 Å². The Morgan fingerprint density at radius 1 is 0.938 bits per heavy atom. The third-order valence-electron chi connectivity index (χ3n) is 6.34. The van der Waals surface area contributed by atoms with Gasteiger partial charge >= 0.3 is 0 Å². The van der Waals surface area contributed by atoms with E-state index in [2.05, 4.69) is 5.32 Å². The first-order valence-electron chi connectivity index (χ1n) is 10.9. The van der Waals surface area contributed by atoms with E-state index in [0.29, 0.717) is 36.3 Å². The Morgan fingerprint density at radius 3 is 2.47 bits per heavy atom. The molecule has 164 valence electrons. The lowest BCUT2D eigenvalue weighted by molar-refractivity contribution is -0.128. The van der Waals surface area contributed by atoms with Crippen LogP contribution in [0.15, 0.2) is 48.5 Å². The molecule has 5 rings (SSSR count). The smallest absolute Gasteiger partial charge is 0.260 e. The van der Waals surface area contributed by atoms with Crippen molar-refractivity contribution in [3.05, 3.63) is 65.2 Å². The topological polar surface area (TPSA) is 90.0 Å². The number of fused-ring (bicyclic) bond motifs is 5. The molecule has 1 atom stereocenters. The second-order valence-electron chi connectivity index (χ2n) is 8.24. The number of hydrogen-bond acceptors (Lipinski definition) is 4. The number of carbonyl (C=O) groups excluding carboxylic acids is 4. The van der Waals surface area contributed by atoms with Crippen LogP contribution in [0.1, 0.15) is 51.7 Å². The van der Waals surface area contributed by atoms with Crippen molar-refractivity contribution in [1.82, 2.24) is 15.1 Å². The van der Waals surface area contributed by atoms with Crippen molar-refractivity contribution in [2.24, 2.45) is 0 Å². The van der Waals surface area contributed by atoms with Gasteiger partial charge in [0.05, 0.1) is 11.3 Å². The van der Waals surface area contributed by atoms with Crippen LogP contribution in [0.5, 0.6) is 0 Å². The van der Waals surface area contributed by atoms with E-state index in [-0.39, 0.29) is 36.6 Å². The molecule has 0 spiro atoms. The Hall–Kier alpha value is -3.68. The number of para-hydroxylation sites is 1. The van der Waals surface area contributed by atoms with Crippen LogP contribution in [-0.2, 0) is 9.59 Å². The predicted octanol–water partition coefficient (Wildman–Crippen LogP) is 1.93. The van der Waals surface area contributed by atoms with Crippen molar-refractivity contribution in [2.45, 2.75) is 25.4 Å². The minimum absolute atomic E-state index is 0.114. The molecule has 3 aliphatic heterocycles. The maximum atomic E-state index is 13.3. The number of nitrogens with one attached hydrogen (secondary N) is 1. The summed E-state index contributed by atoms with van der Waals surface area (Å²) in [4.78, 5) is 55.6. The number of nitrogens with zero attached hydrogens (tertiary/aromatic N) is 3. The first-order valence-corrected chi connectivity index (χ1v) is 10.9. The van der Waals surface area contributed by atoms with Crippen LogP contribution in [0.2, 0.25) is 0 Å². The molecule has 0 bridgehead atoms. The molecule has 2 aromatic rings. The van der Waals surface area contributed by atoms with E-state index in [1.54, 1.807) is 39.0 Å². The van der Waals surface area contributed by atoms with Gasteiger partial charge in [-0.15, -0.1) is 0 Å². The lowest BCUT2D eigenvalue weighted by Gasteiger charge is -2.40. The molecule has 0 aliphatic carbocycles. The monoisotopic (exact) mass is 432 g/mol. The normalized spacial score (nSPS) is 19.2. The van der Waals surface area contributed by atoms with Crippen molar-refractivity contribution < 1.29 is 19.2 Å². The summed E-state index contributed by atoms with van der Waals surface area (Å²) in [6, 6.07) is 14.4. The standard InChI is InChI=1S/C24H24N4O4/c29-20(25-12-15-26-13-5-10-21(26)30)11-14-27-22-16-6-1-2-7-17(16)24(32)28(22)19-9-4-3-8-18(19)23(27)31/h1-4,6-9,22H,5,10-15H2,(H,25,29). The molecule has 0 saturated carbocycles. The van der Waals surface area contributed by atoms with Gasteiger partial charge in [-0.1, -0.05) is 30.3 Å². The summed E-state index contributed by atoms with van der Waals surface area (Å²) < 4.78 is 0. The van der Waals surface area contributed by atoms with E-state index in [1.807, 2.05) is 24.3 Å². The van der Waals surface area contributed by atoms with Crippen LogP contribution in [0.3, 0.4) is 0 Å². The molecule has 1 fully saturated rings. The Balaban J connectivity index is 1.32. The Morgan fingerprint density at radius 2 is 1.69 bits per heavy atom. The fraction of sp³-hybridized carbons (Fsp3) is 0.333. The van der Waals surface area contributed by atoms with Crippen LogP contribution in [0, 0.1) is 0 Å². The van der Waals surface area contributed by atoms with Gasteiger partial charge in [-0.3, -0.25) is 24.1 Å². The number of carbonyl (C=O) groups is 4. The fourth-order valence-corrected chi connectivity index (χ4v) is 4.78. The second-order valence-corrected chi connectivity index (χ2v) is 8.24. The fourth-order valence-electron chi connectivity index (χ4n) is 4.78. The second kappa shape index (κ2) is 8.11. The van der Waals surface area contributed by atoms with Crippen molar-refractivity contribution in [2.75, 3.05) is 31.1 Å². The highest BCUT2D eigenvalue weighted by Gasteiger charge is 2.47. The van der Waals surface area contributed by atoms with Crippen molar-refractivity contribution >= 4 is 29.3 Å². The van der Waals surface area contributed by atoms with E-state index in [4.69, 9.17) is 0 Å². The van der Waals surface area contributed by atoms with Crippen LogP contribution in [0.25, 0.3) is 0 Å². The molecule has 8 heteroatoms. The molecule has 1 saturated heterocycles. The predicted molar refractivity (Wildman–Crippen MR) is 117 cm³/mol. The molecule has 2 aromatic carbocycles. The van der Waals surface area contributed by atoms with E-state index in [0.717, 1.165) is 18.5 Å². The summed E-state index contributed by atoms with van der Waals surface area (Å²) in [6.45, 7) is 1.81. The van der Waals surface area contributed by atoms with Crippen molar-refractivity contribution in [3.8, 4) is 0 Å². The zero-order valence-electron chi connectivity index (χ0n) is 17.6. The number of amides is 4. The third-order valence-corrected chi connectivity index (χ3v) is 6.34. The lowest BCUT2D eigenvalue weighted by atomic mass is 10.0. The maximum Gasteiger partial charge on any atom is 0.260 e. The number of anilines is 1. The zero-order valence-corrected chi connectivity index (χ0v) is 17.6. The molecule has 4 amide bonds. The van der Waals surface area contributed by atoms with Gasteiger partial charge < -0.3 is 15.1 Å². The first-order chi connectivity index (χ1) is 15.6. The minimum atomic E-state index is -0.559. The third kappa shape index (κ3) is 3.32. The van der Waals surface area contributed by atoms with Crippen LogP contribution >= 0.6 is 0 Å². The Kier molecular flexibility index (Phi) is 5.13. The van der Waals surface area contributed by atoms with Gasteiger partial charge in [0.2, 0.25) is 11.8 Å². The lowest BCUT2D eigenvalue weighted by Crippen LogP contribution is -2.49. The van der Waals surface area contributed by atoms with Gasteiger partial charge in [0.25, 0.3) is 11.8 Å². The summed E-state index contributed by atoms with van der Waals surface area (Å²) in [5, 5.41) is 2.84. The molecule has 8 nitrogen and oxygen atoms in total. The van der Waals surface area contributed by atoms with E-state index in [9.17, 15) is 19.2 Å². The number of benzene rings is 2. The molecule has 0 aromatic heterocycles. The van der Waals surface area contributed by atoms with Gasteiger partial charge in [-0.2, -0.15) is 0 Å². The SMILES string of the molecule is O=C(CCN1C(=O)c2ccccc2N2C(=O)c3ccccc3C12)NCCN1CCCC1=O. The molecule has 3 aliphatic rings. The largest absolute Gasteiger partial charge is 0.354 e. The highest BCUT2D eigenvalue weighted by Crippen LogP contribution is 2.45. The summed E-state index contributed by atoms with van der Waals surface area (Å²) in [5.41, 5.74) is 2.40. The molecular weight excluding hydrogens is 408 g/mol.